The minimum absolute atomic E-state index is 0.239. The van der Waals surface area contributed by atoms with E-state index < -0.39 is 11.9 Å². The fourth-order valence-electron chi connectivity index (χ4n) is 1.59. The van der Waals surface area contributed by atoms with Crippen LogP contribution < -0.4 is 10.4 Å². The van der Waals surface area contributed by atoms with Crippen LogP contribution in [0.5, 0.6) is 0 Å². The number of carbonyl (C=O) groups excluding carboxylic acids is 2. The van der Waals surface area contributed by atoms with Crippen LogP contribution in [0.25, 0.3) is 0 Å². The smallest absolute Gasteiger partial charge is 0.339 e. The zero-order chi connectivity index (χ0) is 14.5. The van der Waals surface area contributed by atoms with E-state index in [0.29, 0.717) is 22.1 Å². The van der Waals surface area contributed by atoms with Gasteiger partial charge in [-0.15, -0.1) is 11.3 Å². The van der Waals surface area contributed by atoms with E-state index in [-0.39, 0.29) is 6.42 Å². The highest BCUT2D eigenvalue weighted by molar-refractivity contribution is 7.13. The van der Waals surface area contributed by atoms with Crippen LogP contribution in [-0.2, 0) is 16.0 Å². The van der Waals surface area contributed by atoms with Gasteiger partial charge < -0.3 is 20.0 Å². The SMILES string of the molecule is COC(=O)c1ccccc1Nc1nc(CC(=O)[O-])cs1. The summed E-state index contributed by atoms with van der Waals surface area (Å²) >= 11 is 1.25. The van der Waals surface area contributed by atoms with Crippen LogP contribution in [0.4, 0.5) is 10.8 Å². The fourth-order valence-corrected chi connectivity index (χ4v) is 2.31. The van der Waals surface area contributed by atoms with E-state index in [4.69, 9.17) is 4.74 Å². The first-order valence-electron chi connectivity index (χ1n) is 5.68. The van der Waals surface area contributed by atoms with Gasteiger partial charge in [0.05, 0.1) is 24.1 Å². The van der Waals surface area contributed by atoms with Crippen LogP contribution in [0.2, 0.25) is 0 Å². The van der Waals surface area contributed by atoms with Crippen molar-refractivity contribution in [1.29, 1.82) is 0 Å². The van der Waals surface area contributed by atoms with Gasteiger partial charge >= 0.3 is 5.97 Å². The van der Waals surface area contributed by atoms with Gasteiger partial charge in [-0.2, -0.15) is 0 Å². The highest BCUT2D eigenvalue weighted by Gasteiger charge is 2.12. The average Bonchev–Trinajstić information content (AvgIpc) is 2.85. The third-order valence-electron chi connectivity index (χ3n) is 2.45. The lowest BCUT2D eigenvalue weighted by molar-refractivity contribution is -0.304. The van der Waals surface area contributed by atoms with Crippen LogP contribution in [0.3, 0.4) is 0 Å². The van der Waals surface area contributed by atoms with E-state index in [1.807, 2.05) is 0 Å². The van der Waals surface area contributed by atoms with E-state index in [1.54, 1.807) is 29.6 Å². The van der Waals surface area contributed by atoms with Crippen LogP contribution in [0, 0.1) is 0 Å². The number of aromatic nitrogens is 1. The molecule has 1 heterocycles. The summed E-state index contributed by atoms with van der Waals surface area (Å²) in [4.78, 5) is 26.2. The molecule has 1 aromatic carbocycles. The maximum atomic E-state index is 11.6. The topological polar surface area (TPSA) is 91.3 Å². The van der Waals surface area contributed by atoms with Crippen molar-refractivity contribution in [2.75, 3.05) is 12.4 Å². The fraction of sp³-hybridized carbons (Fsp3) is 0.154. The van der Waals surface area contributed by atoms with Crippen LogP contribution in [-0.4, -0.2) is 24.0 Å². The molecule has 1 N–H and O–H groups in total. The van der Waals surface area contributed by atoms with Crippen molar-refractivity contribution in [3.63, 3.8) is 0 Å². The van der Waals surface area contributed by atoms with E-state index in [2.05, 4.69) is 10.3 Å². The molecule has 0 aliphatic carbocycles. The number of nitrogens with zero attached hydrogens (tertiary/aromatic N) is 1. The lowest BCUT2D eigenvalue weighted by Gasteiger charge is -2.07. The minimum Gasteiger partial charge on any atom is -0.550 e. The van der Waals surface area contributed by atoms with Crippen molar-refractivity contribution in [3.8, 4) is 0 Å². The molecule has 0 fully saturated rings. The standard InChI is InChI=1S/C13H12N2O4S/c1-19-12(18)9-4-2-3-5-10(9)15-13-14-8(7-20-13)6-11(16)17/h2-5,7H,6H2,1H3,(H,14,15)(H,16,17)/p-1. The van der Waals surface area contributed by atoms with Gasteiger partial charge in [-0.25, -0.2) is 9.78 Å². The second-order valence-corrected chi connectivity index (χ2v) is 4.71. The monoisotopic (exact) mass is 291 g/mol. The molecule has 0 radical (unpaired) electrons. The Morgan fingerprint density at radius 1 is 1.40 bits per heavy atom. The highest BCUT2D eigenvalue weighted by atomic mass is 32.1. The van der Waals surface area contributed by atoms with Gasteiger partial charge in [-0.05, 0) is 12.1 Å². The number of aliphatic carboxylic acids is 1. The summed E-state index contributed by atoms with van der Waals surface area (Å²) < 4.78 is 4.69. The molecule has 6 nitrogen and oxygen atoms in total. The maximum Gasteiger partial charge on any atom is 0.339 e. The molecule has 2 aromatic rings. The number of nitrogens with one attached hydrogen (secondary N) is 1. The Hall–Kier alpha value is -2.41. The second kappa shape index (κ2) is 6.16. The summed E-state index contributed by atoms with van der Waals surface area (Å²) in [5, 5.41) is 15.6. The molecule has 1 aromatic heterocycles. The van der Waals surface area contributed by atoms with Crippen LogP contribution in [0.1, 0.15) is 16.1 Å². The number of anilines is 2. The summed E-state index contributed by atoms with van der Waals surface area (Å²) in [5.74, 6) is -1.64. The Balaban J connectivity index is 2.20. The molecule has 0 bridgehead atoms. The summed E-state index contributed by atoms with van der Waals surface area (Å²) in [5.41, 5.74) is 1.34. The summed E-state index contributed by atoms with van der Waals surface area (Å²) in [7, 11) is 1.31. The molecule has 0 saturated heterocycles. The Bertz CT molecular complexity index is 639. The normalized spacial score (nSPS) is 10.1. The van der Waals surface area contributed by atoms with Crippen molar-refractivity contribution in [3.05, 3.63) is 40.9 Å². The first kappa shape index (κ1) is 14.0. The van der Waals surface area contributed by atoms with Crippen molar-refractivity contribution in [2.45, 2.75) is 6.42 Å². The Morgan fingerprint density at radius 3 is 2.85 bits per heavy atom. The molecule has 0 aliphatic rings. The first-order valence-corrected chi connectivity index (χ1v) is 6.56. The van der Waals surface area contributed by atoms with Gasteiger partial charge in [-0.3, -0.25) is 0 Å². The van der Waals surface area contributed by atoms with E-state index in [9.17, 15) is 14.7 Å². The summed E-state index contributed by atoms with van der Waals surface area (Å²) in [6.45, 7) is 0. The van der Waals surface area contributed by atoms with Gasteiger partial charge in [0.15, 0.2) is 5.13 Å². The first-order chi connectivity index (χ1) is 9.60. The van der Waals surface area contributed by atoms with Gasteiger partial charge in [0.1, 0.15) is 0 Å². The van der Waals surface area contributed by atoms with Crippen molar-refractivity contribution in [2.24, 2.45) is 0 Å². The van der Waals surface area contributed by atoms with Crippen molar-refractivity contribution < 1.29 is 19.4 Å². The largest absolute Gasteiger partial charge is 0.550 e. The molecule has 0 unspecified atom stereocenters. The van der Waals surface area contributed by atoms with Gasteiger partial charge in [-0.1, -0.05) is 12.1 Å². The predicted molar refractivity (Wildman–Crippen MR) is 71.9 cm³/mol. The number of carbonyl (C=O) groups is 2. The van der Waals surface area contributed by atoms with Crippen LogP contribution in [0.15, 0.2) is 29.6 Å². The predicted octanol–water partition coefficient (Wildman–Crippen LogP) is 0.966. The number of esters is 1. The number of ether oxygens (including phenoxy) is 1. The molecule has 2 rings (SSSR count). The summed E-state index contributed by atoms with van der Waals surface area (Å²) in [6, 6.07) is 6.83. The maximum absolute atomic E-state index is 11.6. The van der Waals surface area contributed by atoms with Gasteiger partial charge in [0.25, 0.3) is 0 Å². The molecule has 0 atom stereocenters. The Morgan fingerprint density at radius 2 is 2.15 bits per heavy atom. The quantitative estimate of drug-likeness (QED) is 0.825. The number of benzene rings is 1. The molecular weight excluding hydrogens is 280 g/mol. The molecule has 104 valence electrons. The third-order valence-corrected chi connectivity index (χ3v) is 3.26. The molecule has 20 heavy (non-hydrogen) atoms. The zero-order valence-electron chi connectivity index (χ0n) is 10.6. The van der Waals surface area contributed by atoms with E-state index in [1.165, 1.54) is 18.4 Å². The summed E-state index contributed by atoms with van der Waals surface area (Å²) in [6.07, 6.45) is -0.239. The van der Waals surface area contributed by atoms with Crippen molar-refractivity contribution in [1.82, 2.24) is 4.98 Å². The van der Waals surface area contributed by atoms with Gasteiger partial charge in [0.2, 0.25) is 0 Å². The lowest BCUT2D eigenvalue weighted by Crippen LogP contribution is -2.24. The number of para-hydroxylation sites is 1. The number of hydrogen-bond donors (Lipinski definition) is 1. The molecule has 7 heteroatoms. The van der Waals surface area contributed by atoms with Gasteiger partial charge in [0, 0.05) is 17.8 Å². The van der Waals surface area contributed by atoms with Crippen molar-refractivity contribution >= 4 is 34.1 Å². The number of methoxy groups -OCH3 is 1. The number of rotatable bonds is 5. The third kappa shape index (κ3) is 3.33. The van der Waals surface area contributed by atoms with Crippen LogP contribution >= 0.6 is 11.3 Å². The molecule has 0 saturated carbocycles. The number of hydrogen-bond acceptors (Lipinski definition) is 7. The average molecular weight is 291 g/mol. The molecule has 0 aliphatic heterocycles. The molecule has 0 spiro atoms. The number of carboxylic acids is 1. The molecule has 0 amide bonds. The molecular formula is C13H11N2O4S-. The second-order valence-electron chi connectivity index (χ2n) is 3.85. The number of carboxylic acid groups (broad SMARTS) is 1. The minimum atomic E-state index is -1.18. The van der Waals surface area contributed by atoms with E-state index >= 15 is 0 Å². The Labute approximate surface area is 119 Å². The zero-order valence-corrected chi connectivity index (χ0v) is 11.4. The Kier molecular flexibility index (Phi) is 4.31. The lowest BCUT2D eigenvalue weighted by atomic mass is 10.2. The number of thiazole rings is 1. The van der Waals surface area contributed by atoms with E-state index in [0.717, 1.165) is 0 Å². The highest BCUT2D eigenvalue weighted by Crippen LogP contribution is 2.24.